The molecule has 35 heavy (non-hydrogen) atoms. The summed E-state index contributed by atoms with van der Waals surface area (Å²) in [5.41, 5.74) is 2.35. The summed E-state index contributed by atoms with van der Waals surface area (Å²) >= 11 is 1.47. The van der Waals surface area contributed by atoms with E-state index in [9.17, 15) is 4.79 Å². The van der Waals surface area contributed by atoms with Crippen molar-refractivity contribution in [2.24, 2.45) is 5.92 Å². The van der Waals surface area contributed by atoms with Gasteiger partial charge in [-0.1, -0.05) is 42.5 Å². The van der Waals surface area contributed by atoms with Gasteiger partial charge in [0.15, 0.2) is 0 Å². The summed E-state index contributed by atoms with van der Waals surface area (Å²) in [5, 5.41) is 0.975. The average Bonchev–Trinajstić information content (AvgIpc) is 3.38. The normalized spacial score (nSPS) is 17.0. The van der Waals surface area contributed by atoms with E-state index in [-0.39, 0.29) is 5.92 Å². The van der Waals surface area contributed by atoms with Crippen molar-refractivity contribution < 1.29 is 9.53 Å². The lowest BCUT2D eigenvalue weighted by molar-refractivity contribution is -0.136. The van der Waals surface area contributed by atoms with Crippen molar-refractivity contribution >= 4 is 28.3 Å². The van der Waals surface area contributed by atoms with E-state index >= 15 is 0 Å². The molecule has 0 spiro atoms. The minimum absolute atomic E-state index is 0.102. The van der Waals surface area contributed by atoms with Gasteiger partial charge >= 0.3 is 0 Å². The molecule has 1 amide bonds. The smallest absolute Gasteiger partial charge is 0.225 e. The molecule has 2 fully saturated rings. The van der Waals surface area contributed by atoms with Gasteiger partial charge in [-0.05, 0) is 37.5 Å². The van der Waals surface area contributed by atoms with Crippen LogP contribution in [0.25, 0.3) is 0 Å². The van der Waals surface area contributed by atoms with Crippen LogP contribution in [0.1, 0.15) is 31.2 Å². The van der Waals surface area contributed by atoms with Crippen LogP contribution in [0, 0.1) is 5.92 Å². The van der Waals surface area contributed by atoms with Crippen LogP contribution in [-0.2, 0) is 11.2 Å². The first-order valence-corrected chi connectivity index (χ1v) is 13.4. The van der Waals surface area contributed by atoms with Crippen LogP contribution in [-0.4, -0.2) is 66.0 Å². The molecular weight excluding hydrogens is 458 g/mol. The Bertz CT molecular complexity index is 1110. The molecule has 0 radical (unpaired) electrons. The summed E-state index contributed by atoms with van der Waals surface area (Å²) in [7, 11) is 0. The number of anilines is 2. The van der Waals surface area contributed by atoms with Gasteiger partial charge in [-0.2, -0.15) is 4.37 Å². The Kier molecular flexibility index (Phi) is 7.47. The van der Waals surface area contributed by atoms with Crippen LogP contribution in [0.2, 0.25) is 0 Å². The number of para-hydroxylation sites is 2. The molecule has 0 aliphatic carbocycles. The number of nitrogens with zero attached hydrogens (tertiary/aromatic N) is 5. The number of amides is 1. The minimum Gasteiger partial charge on any atom is -0.492 e. The lowest BCUT2D eigenvalue weighted by Crippen LogP contribution is -2.51. The quantitative estimate of drug-likeness (QED) is 0.496. The maximum absolute atomic E-state index is 13.3. The summed E-state index contributed by atoms with van der Waals surface area (Å²) < 4.78 is 10.4. The lowest BCUT2D eigenvalue weighted by Gasteiger charge is -2.39. The van der Waals surface area contributed by atoms with Gasteiger partial charge in [-0.15, -0.1) is 0 Å². The second-order valence-electron chi connectivity index (χ2n) is 9.13. The number of hydrogen-bond donors (Lipinski definition) is 0. The predicted molar refractivity (Wildman–Crippen MR) is 140 cm³/mol. The van der Waals surface area contributed by atoms with Gasteiger partial charge in [0.25, 0.3) is 0 Å². The number of piperidine rings is 1. The van der Waals surface area contributed by atoms with Crippen molar-refractivity contribution in [1.29, 1.82) is 0 Å². The number of carbonyl (C=O) groups is 1. The van der Waals surface area contributed by atoms with Crippen LogP contribution < -0.4 is 14.5 Å². The standard InChI is InChI=1S/C27H33N5O2S/c1-2-34-24-11-7-6-10-23(24)30-16-18-31(19-17-30)26(33)22-12-14-32(15-13-22)27-28-25(29-35-27)20-21-8-4-3-5-9-21/h3-11,22H,2,12-20H2,1H3. The zero-order valence-corrected chi connectivity index (χ0v) is 21.1. The number of hydrogen-bond acceptors (Lipinski definition) is 7. The van der Waals surface area contributed by atoms with Gasteiger partial charge in [0.05, 0.1) is 12.3 Å². The molecule has 0 N–H and O–H groups in total. The molecule has 184 valence electrons. The zero-order chi connectivity index (χ0) is 24.0. The van der Waals surface area contributed by atoms with Gasteiger partial charge in [-0.25, -0.2) is 4.98 Å². The molecule has 7 nitrogen and oxygen atoms in total. The largest absolute Gasteiger partial charge is 0.492 e. The molecule has 8 heteroatoms. The van der Waals surface area contributed by atoms with Gasteiger partial charge in [0.1, 0.15) is 11.6 Å². The lowest BCUT2D eigenvalue weighted by atomic mass is 9.95. The topological polar surface area (TPSA) is 61.8 Å². The minimum atomic E-state index is 0.102. The summed E-state index contributed by atoms with van der Waals surface area (Å²) in [4.78, 5) is 24.7. The Morgan fingerprint density at radius 3 is 2.40 bits per heavy atom. The molecule has 2 aliphatic rings. The first-order chi connectivity index (χ1) is 17.2. The molecule has 5 rings (SSSR count). The third-order valence-corrected chi connectivity index (χ3v) is 7.69. The third kappa shape index (κ3) is 5.59. The van der Waals surface area contributed by atoms with Crippen LogP contribution >= 0.6 is 11.5 Å². The van der Waals surface area contributed by atoms with Crippen molar-refractivity contribution in [1.82, 2.24) is 14.3 Å². The van der Waals surface area contributed by atoms with Gasteiger partial charge in [0.2, 0.25) is 11.0 Å². The SMILES string of the molecule is CCOc1ccccc1N1CCN(C(=O)C2CCN(c3nc(Cc4ccccc4)ns3)CC2)CC1. The van der Waals surface area contributed by atoms with E-state index in [1.165, 1.54) is 17.1 Å². The molecule has 2 saturated heterocycles. The highest BCUT2D eigenvalue weighted by atomic mass is 32.1. The molecule has 0 unspecified atom stereocenters. The average molecular weight is 492 g/mol. The summed E-state index contributed by atoms with van der Waals surface area (Å²) in [6, 6.07) is 18.5. The molecule has 0 saturated carbocycles. The van der Waals surface area contributed by atoms with E-state index in [4.69, 9.17) is 9.72 Å². The van der Waals surface area contributed by atoms with E-state index in [0.29, 0.717) is 12.5 Å². The van der Waals surface area contributed by atoms with Crippen LogP contribution in [0.4, 0.5) is 10.8 Å². The summed E-state index contributed by atoms with van der Waals surface area (Å²) in [6.45, 7) is 7.58. The van der Waals surface area contributed by atoms with Crippen LogP contribution in [0.15, 0.2) is 54.6 Å². The van der Waals surface area contributed by atoms with E-state index in [1.54, 1.807) is 0 Å². The maximum atomic E-state index is 13.3. The number of carbonyl (C=O) groups excluding carboxylic acids is 1. The van der Waals surface area contributed by atoms with Crippen molar-refractivity contribution in [3.05, 3.63) is 66.0 Å². The van der Waals surface area contributed by atoms with Crippen molar-refractivity contribution in [3.8, 4) is 5.75 Å². The van der Waals surface area contributed by atoms with E-state index in [2.05, 4.69) is 37.3 Å². The highest BCUT2D eigenvalue weighted by Gasteiger charge is 2.31. The van der Waals surface area contributed by atoms with E-state index in [1.807, 2.05) is 43.3 Å². The second kappa shape index (κ2) is 11.1. The fourth-order valence-electron chi connectivity index (χ4n) is 4.96. The Balaban J connectivity index is 1.11. The van der Waals surface area contributed by atoms with Gasteiger partial charge in [0, 0.05) is 63.1 Å². The van der Waals surface area contributed by atoms with Crippen molar-refractivity contribution in [2.75, 3.05) is 55.7 Å². The number of rotatable bonds is 7. The highest BCUT2D eigenvalue weighted by molar-refractivity contribution is 7.09. The molecule has 2 aliphatic heterocycles. The van der Waals surface area contributed by atoms with Crippen molar-refractivity contribution in [2.45, 2.75) is 26.2 Å². The molecular formula is C27H33N5O2S. The summed E-state index contributed by atoms with van der Waals surface area (Å²) in [6.07, 6.45) is 2.51. The molecule has 3 aromatic rings. The number of aromatic nitrogens is 2. The molecule has 1 aromatic heterocycles. The zero-order valence-electron chi connectivity index (χ0n) is 20.3. The first-order valence-electron chi connectivity index (χ1n) is 12.6. The monoisotopic (exact) mass is 491 g/mol. The molecule has 3 heterocycles. The molecule has 0 bridgehead atoms. The first kappa shape index (κ1) is 23.6. The number of piperazine rings is 1. The fourth-order valence-corrected chi connectivity index (χ4v) is 5.70. The fraction of sp³-hybridized carbons (Fsp3) is 0.444. The molecule has 2 aromatic carbocycles. The van der Waals surface area contributed by atoms with Crippen molar-refractivity contribution in [3.63, 3.8) is 0 Å². The third-order valence-electron chi connectivity index (χ3n) is 6.87. The van der Waals surface area contributed by atoms with Crippen LogP contribution in [0.5, 0.6) is 5.75 Å². The van der Waals surface area contributed by atoms with Crippen LogP contribution in [0.3, 0.4) is 0 Å². The Morgan fingerprint density at radius 1 is 0.943 bits per heavy atom. The summed E-state index contributed by atoms with van der Waals surface area (Å²) in [5.74, 6) is 2.21. The maximum Gasteiger partial charge on any atom is 0.225 e. The number of ether oxygens (including phenoxy) is 1. The Morgan fingerprint density at radius 2 is 1.66 bits per heavy atom. The van der Waals surface area contributed by atoms with Gasteiger partial charge < -0.3 is 19.4 Å². The van der Waals surface area contributed by atoms with E-state index < -0.39 is 0 Å². The second-order valence-corrected chi connectivity index (χ2v) is 9.86. The number of benzene rings is 2. The van der Waals surface area contributed by atoms with E-state index in [0.717, 1.165) is 80.9 Å². The Hall–Kier alpha value is -3.13. The van der Waals surface area contributed by atoms with Gasteiger partial charge in [-0.3, -0.25) is 4.79 Å². The molecule has 0 atom stereocenters. The Labute approximate surface area is 211 Å². The highest BCUT2D eigenvalue weighted by Crippen LogP contribution is 2.30. The predicted octanol–water partition coefficient (Wildman–Crippen LogP) is 4.09.